The van der Waals surface area contributed by atoms with Crippen LogP contribution >= 0.6 is 0 Å². The van der Waals surface area contributed by atoms with Crippen molar-refractivity contribution in [3.8, 4) is 0 Å². The van der Waals surface area contributed by atoms with Gasteiger partial charge in [0.2, 0.25) is 16.0 Å². The summed E-state index contributed by atoms with van der Waals surface area (Å²) in [7, 11) is -1.68. The largest absolute Gasteiger partial charge is 0.340 e. The third-order valence-electron chi connectivity index (χ3n) is 4.00. The molecule has 1 saturated heterocycles. The van der Waals surface area contributed by atoms with E-state index in [4.69, 9.17) is 0 Å². The molecule has 0 radical (unpaired) electrons. The SMILES string of the molecule is Cc1cccc(S(=O)(=O)NC2CCN(c3nnnn3C)CC2)c1. The highest BCUT2D eigenvalue weighted by Crippen LogP contribution is 2.18. The molecule has 9 heteroatoms. The topological polar surface area (TPSA) is 93.0 Å². The van der Waals surface area contributed by atoms with Gasteiger partial charge in [-0.25, -0.2) is 17.8 Å². The van der Waals surface area contributed by atoms with Crippen molar-refractivity contribution in [1.82, 2.24) is 24.9 Å². The van der Waals surface area contributed by atoms with Gasteiger partial charge in [-0.05, 0) is 47.9 Å². The van der Waals surface area contributed by atoms with Gasteiger partial charge in [0.15, 0.2) is 0 Å². The fraction of sp³-hybridized carbons (Fsp3) is 0.500. The van der Waals surface area contributed by atoms with Crippen LogP contribution in [0.15, 0.2) is 29.2 Å². The molecule has 1 fully saturated rings. The van der Waals surface area contributed by atoms with Crippen molar-refractivity contribution >= 4 is 16.0 Å². The number of rotatable bonds is 4. The van der Waals surface area contributed by atoms with Crippen molar-refractivity contribution in [3.05, 3.63) is 29.8 Å². The van der Waals surface area contributed by atoms with Crippen LogP contribution in [0.25, 0.3) is 0 Å². The van der Waals surface area contributed by atoms with Crippen molar-refractivity contribution in [2.75, 3.05) is 18.0 Å². The van der Waals surface area contributed by atoms with Gasteiger partial charge in [-0.15, -0.1) is 0 Å². The molecule has 1 aromatic carbocycles. The van der Waals surface area contributed by atoms with Crippen molar-refractivity contribution in [1.29, 1.82) is 0 Å². The van der Waals surface area contributed by atoms with E-state index in [0.29, 0.717) is 10.8 Å². The zero-order chi connectivity index (χ0) is 16.4. The summed E-state index contributed by atoms with van der Waals surface area (Å²) in [5.41, 5.74) is 0.928. The highest BCUT2D eigenvalue weighted by Gasteiger charge is 2.26. The van der Waals surface area contributed by atoms with E-state index >= 15 is 0 Å². The van der Waals surface area contributed by atoms with E-state index in [2.05, 4.69) is 25.1 Å². The molecule has 1 aromatic heterocycles. The normalized spacial score (nSPS) is 16.7. The van der Waals surface area contributed by atoms with Crippen molar-refractivity contribution in [3.63, 3.8) is 0 Å². The molecule has 8 nitrogen and oxygen atoms in total. The Morgan fingerprint density at radius 2 is 2.00 bits per heavy atom. The number of sulfonamides is 1. The fourth-order valence-corrected chi connectivity index (χ4v) is 4.17. The zero-order valence-electron chi connectivity index (χ0n) is 13.2. The maximum atomic E-state index is 12.5. The van der Waals surface area contributed by atoms with Crippen LogP contribution in [0.4, 0.5) is 5.95 Å². The molecule has 0 atom stereocenters. The molecule has 1 aliphatic heterocycles. The molecule has 1 N–H and O–H groups in total. The Morgan fingerprint density at radius 1 is 1.26 bits per heavy atom. The summed E-state index contributed by atoms with van der Waals surface area (Å²) < 4.78 is 29.3. The smallest absolute Gasteiger partial charge is 0.245 e. The van der Waals surface area contributed by atoms with Gasteiger partial charge in [0.05, 0.1) is 4.90 Å². The lowest BCUT2D eigenvalue weighted by Crippen LogP contribution is -2.45. The van der Waals surface area contributed by atoms with Crippen LogP contribution in [-0.2, 0) is 17.1 Å². The maximum Gasteiger partial charge on any atom is 0.245 e. The molecule has 0 spiro atoms. The van der Waals surface area contributed by atoms with E-state index in [0.717, 1.165) is 31.5 Å². The van der Waals surface area contributed by atoms with Gasteiger partial charge in [0.25, 0.3) is 0 Å². The Kier molecular flexibility index (Phi) is 4.31. The molecule has 2 heterocycles. The lowest BCUT2D eigenvalue weighted by molar-refractivity contribution is 0.453. The molecule has 2 aromatic rings. The monoisotopic (exact) mass is 336 g/mol. The van der Waals surface area contributed by atoms with Crippen molar-refractivity contribution < 1.29 is 8.42 Å². The summed E-state index contributed by atoms with van der Waals surface area (Å²) in [5, 5.41) is 11.4. The summed E-state index contributed by atoms with van der Waals surface area (Å²) in [5.74, 6) is 0.713. The average molecular weight is 336 g/mol. The number of benzene rings is 1. The molecule has 3 rings (SSSR count). The third kappa shape index (κ3) is 3.50. The first kappa shape index (κ1) is 15.9. The van der Waals surface area contributed by atoms with Crippen molar-refractivity contribution in [2.45, 2.75) is 30.7 Å². The first-order valence-electron chi connectivity index (χ1n) is 7.52. The standard InChI is InChI=1S/C14H20N6O2S/c1-11-4-3-5-13(10-11)23(21,22)16-12-6-8-20(9-7-12)14-15-17-18-19(14)2/h3-5,10,12,16H,6-9H2,1-2H3. The van der Waals surface area contributed by atoms with E-state index in [1.807, 2.05) is 13.0 Å². The number of nitrogens with zero attached hydrogens (tertiary/aromatic N) is 5. The van der Waals surface area contributed by atoms with E-state index in [-0.39, 0.29) is 6.04 Å². The lowest BCUT2D eigenvalue weighted by atomic mass is 10.1. The van der Waals surface area contributed by atoms with Crippen LogP contribution in [0.1, 0.15) is 18.4 Å². The number of aromatic nitrogens is 4. The minimum atomic E-state index is -3.48. The number of aryl methyl sites for hydroxylation is 2. The fourth-order valence-electron chi connectivity index (χ4n) is 2.76. The molecule has 0 bridgehead atoms. The minimum absolute atomic E-state index is 0.0713. The molecule has 0 amide bonds. The molecule has 124 valence electrons. The second-order valence-electron chi connectivity index (χ2n) is 5.80. The summed E-state index contributed by atoms with van der Waals surface area (Å²) in [6.45, 7) is 3.32. The highest BCUT2D eigenvalue weighted by atomic mass is 32.2. The predicted octanol–water partition coefficient (Wildman–Crippen LogP) is 0.466. The summed E-state index contributed by atoms with van der Waals surface area (Å²) >= 11 is 0. The molecule has 1 aliphatic rings. The maximum absolute atomic E-state index is 12.5. The minimum Gasteiger partial charge on any atom is -0.340 e. The van der Waals surface area contributed by atoms with E-state index in [1.165, 1.54) is 0 Å². The summed E-state index contributed by atoms with van der Waals surface area (Å²) in [6.07, 6.45) is 1.44. The number of hydrogen-bond donors (Lipinski definition) is 1. The quantitative estimate of drug-likeness (QED) is 0.872. The van der Waals surface area contributed by atoms with Gasteiger partial charge in [-0.3, -0.25) is 0 Å². The number of hydrogen-bond acceptors (Lipinski definition) is 6. The lowest BCUT2D eigenvalue weighted by Gasteiger charge is -2.32. The van der Waals surface area contributed by atoms with Gasteiger partial charge >= 0.3 is 0 Å². The molecule has 0 saturated carbocycles. The highest BCUT2D eigenvalue weighted by molar-refractivity contribution is 7.89. The summed E-state index contributed by atoms with van der Waals surface area (Å²) in [4.78, 5) is 2.38. The third-order valence-corrected chi connectivity index (χ3v) is 5.52. The van der Waals surface area contributed by atoms with Crippen LogP contribution in [0.2, 0.25) is 0 Å². The molecule has 0 unspecified atom stereocenters. The Labute approximate surface area is 135 Å². The van der Waals surface area contributed by atoms with E-state index in [1.54, 1.807) is 29.9 Å². The molecule has 0 aliphatic carbocycles. The molecular formula is C14H20N6O2S. The Morgan fingerprint density at radius 3 is 2.61 bits per heavy atom. The number of anilines is 1. The number of piperidine rings is 1. The predicted molar refractivity (Wildman–Crippen MR) is 85.5 cm³/mol. The Hall–Kier alpha value is -2.00. The number of tetrazole rings is 1. The Balaban J connectivity index is 1.63. The van der Waals surface area contributed by atoms with Gasteiger partial charge in [0, 0.05) is 26.2 Å². The van der Waals surface area contributed by atoms with Crippen LogP contribution in [0.3, 0.4) is 0 Å². The molecular weight excluding hydrogens is 316 g/mol. The van der Waals surface area contributed by atoms with Crippen LogP contribution < -0.4 is 9.62 Å². The number of nitrogens with one attached hydrogen (secondary N) is 1. The van der Waals surface area contributed by atoms with Gasteiger partial charge < -0.3 is 4.90 Å². The molecule has 23 heavy (non-hydrogen) atoms. The van der Waals surface area contributed by atoms with Gasteiger partial charge in [-0.1, -0.05) is 17.2 Å². The van der Waals surface area contributed by atoms with E-state index in [9.17, 15) is 8.42 Å². The van der Waals surface area contributed by atoms with Gasteiger partial charge in [0.1, 0.15) is 0 Å². The first-order valence-corrected chi connectivity index (χ1v) is 9.00. The van der Waals surface area contributed by atoms with Crippen LogP contribution in [0, 0.1) is 6.92 Å². The van der Waals surface area contributed by atoms with Crippen molar-refractivity contribution in [2.24, 2.45) is 7.05 Å². The second kappa shape index (κ2) is 6.25. The second-order valence-corrected chi connectivity index (χ2v) is 7.52. The van der Waals surface area contributed by atoms with Gasteiger partial charge in [-0.2, -0.15) is 0 Å². The van der Waals surface area contributed by atoms with Crippen LogP contribution in [0.5, 0.6) is 0 Å². The average Bonchev–Trinajstić information content (AvgIpc) is 2.94. The summed E-state index contributed by atoms with van der Waals surface area (Å²) in [6, 6.07) is 6.87. The van der Waals surface area contributed by atoms with Crippen LogP contribution in [-0.4, -0.2) is 47.8 Å². The van der Waals surface area contributed by atoms with E-state index < -0.39 is 10.0 Å². The zero-order valence-corrected chi connectivity index (χ0v) is 14.0. The first-order chi connectivity index (χ1) is 11.0. The Bertz CT molecular complexity index is 780.